The molecule has 14 heavy (non-hydrogen) atoms. The highest BCUT2D eigenvalue weighted by Crippen LogP contribution is 2.54. The quantitative estimate of drug-likeness (QED) is 0.717. The summed E-state index contributed by atoms with van der Waals surface area (Å²) in [6.45, 7) is 0. The first-order valence-electron chi connectivity index (χ1n) is 5.51. The van der Waals surface area contributed by atoms with Gasteiger partial charge in [-0.3, -0.25) is 0 Å². The van der Waals surface area contributed by atoms with Crippen molar-refractivity contribution in [3.63, 3.8) is 0 Å². The Kier molecular flexibility index (Phi) is 1.68. The first-order valence-corrected chi connectivity index (χ1v) is 5.51. The van der Waals surface area contributed by atoms with Crippen molar-refractivity contribution in [2.75, 3.05) is 0 Å². The fourth-order valence-electron chi connectivity index (χ4n) is 3.07. The smallest absolute Gasteiger partial charge is 0.112 e. The molecule has 4 atom stereocenters. The topological polar surface area (TPSA) is 53.2 Å². The van der Waals surface area contributed by atoms with E-state index < -0.39 is 11.5 Å². The zero-order valence-electron chi connectivity index (χ0n) is 8.15. The van der Waals surface area contributed by atoms with Gasteiger partial charge in [0.05, 0.1) is 24.4 Å². The van der Waals surface area contributed by atoms with Crippen molar-refractivity contribution >= 4 is 0 Å². The van der Waals surface area contributed by atoms with E-state index in [0.717, 1.165) is 32.1 Å². The lowest BCUT2D eigenvalue weighted by molar-refractivity contribution is -0.00681. The molecule has 2 bridgehead atoms. The monoisotopic (exact) mass is 193 g/mol. The van der Waals surface area contributed by atoms with Crippen molar-refractivity contribution in [1.82, 2.24) is 0 Å². The van der Waals surface area contributed by atoms with Crippen molar-refractivity contribution in [2.24, 2.45) is 11.3 Å². The largest absolute Gasteiger partial charge is 0.391 e. The van der Waals surface area contributed by atoms with Crippen LogP contribution in [0.5, 0.6) is 0 Å². The molecule has 1 N–H and O–H groups in total. The van der Waals surface area contributed by atoms with E-state index in [2.05, 4.69) is 6.07 Å². The van der Waals surface area contributed by atoms with Crippen molar-refractivity contribution in [1.29, 1.82) is 5.26 Å². The van der Waals surface area contributed by atoms with Crippen LogP contribution in [0.25, 0.3) is 0 Å². The van der Waals surface area contributed by atoms with E-state index in [9.17, 15) is 10.4 Å². The van der Waals surface area contributed by atoms with Crippen molar-refractivity contribution in [3.05, 3.63) is 0 Å². The number of fused-ring (bicyclic) bond motifs is 2. The van der Waals surface area contributed by atoms with Gasteiger partial charge in [0.2, 0.25) is 0 Å². The summed E-state index contributed by atoms with van der Waals surface area (Å²) in [6.07, 6.45) is 4.77. The molecular weight excluding hydrogens is 178 g/mol. The fourth-order valence-corrected chi connectivity index (χ4v) is 3.07. The molecule has 0 radical (unpaired) electrons. The van der Waals surface area contributed by atoms with Gasteiger partial charge in [0, 0.05) is 0 Å². The number of rotatable bonds is 2. The van der Waals surface area contributed by atoms with Gasteiger partial charge in [0.1, 0.15) is 5.41 Å². The van der Waals surface area contributed by atoms with Gasteiger partial charge < -0.3 is 9.84 Å². The van der Waals surface area contributed by atoms with Crippen LogP contribution in [-0.2, 0) is 4.74 Å². The Bertz CT molecular complexity index is 294. The van der Waals surface area contributed by atoms with Crippen LogP contribution < -0.4 is 0 Å². The zero-order chi connectivity index (χ0) is 9.76. The summed E-state index contributed by atoms with van der Waals surface area (Å²) >= 11 is 0. The Balaban J connectivity index is 1.88. The summed E-state index contributed by atoms with van der Waals surface area (Å²) in [4.78, 5) is 0. The summed E-state index contributed by atoms with van der Waals surface area (Å²) in [7, 11) is 0. The Labute approximate surface area is 83.7 Å². The van der Waals surface area contributed by atoms with Gasteiger partial charge in [-0.1, -0.05) is 0 Å². The Hall–Kier alpha value is -0.590. The SMILES string of the molecule is N#CC1(C(O)C2CC2)CC2CCC1O2. The summed E-state index contributed by atoms with van der Waals surface area (Å²) < 4.78 is 5.70. The first kappa shape index (κ1) is 8.70. The summed E-state index contributed by atoms with van der Waals surface area (Å²) in [5, 5.41) is 19.5. The fraction of sp³-hybridized carbons (Fsp3) is 0.909. The first-order chi connectivity index (χ1) is 6.76. The summed E-state index contributed by atoms with van der Waals surface area (Å²) in [5.74, 6) is 0.373. The molecule has 2 aliphatic heterocycles. The molecule has 2 saturated heterocycles. The maximum atomic E-state index is 10.2. The van der Waals surface area contributed by atoms with Crippen LogP contribution in [0.2, 0.25) is 0 Å². The maximum Gasteiger partial charge on any atom is 0.112 e. The average Bonchev–Trinajstić information content (AvgIpc) is 2.87. The highest BCUT2D eigenvalue weighted by molar-refractivity contribution is 5.17. The van der Waals surface area contributed by atoms with Crippen molar-refractivity contribution in [2.45, 2.75) is 50.4 Å². The van der Waals surface area contributed by atoms with Crippen molar-refractivity contribution < 1.29 is 9.84 Å². The Morgan fingerprint density at radius 2 is 2.14 bits per heavy atom. The highest BCUT2D eigenvalue weighted by atomic mass is 16.5. The van der Waals surface area contributed by atoms with E-state index >= 15 is 0 Å². The van der Waals surface area contributed by atoms with E-state index in [1.54, 1.807) is 0 Å². The average molecular weight is 193 g/mol. The molecule has 0 aromatic rings. The van der Waals surface area contributed by atoms with Crippen LogP contribution >= 0.6 is 0 Å². The number of nitriles is 1. The molecule has 3 rings (SSSR count). The second kappa shape index (κ2) is 2.71. The van der Waals surface area contributed by atoms with Crippen molar-refractivity contribution in [3.8, 4) is 6.07 Å². The lowest BCUT2D eigenvalue weighted by Crippen LogP contribution is -2.43. The van der Waals surface area contributed by atoms with Gasteiger partial charge >= 0.3 is 0 Å². The molecule has 2 heterocycles. The minimum atomic E-state index is -0.565. The standard InChI is InChI=1S/C11H15NO2/c12-6-11(10(13)7-1-2-7)5-8-3-4-9(11)14-8/h7-10,13H,1-5H2. The minimum Gasteiger partial charge on any atom is -0.391 e. The number of hydrogen-bond acceptors (Lipinski definition) is 3. The van der Waals surface area contributed by atoms with E-state index in [1.165, 1.54) is 0 Å². The Morgan fingerprint density at radius 3 is 2.57 bits per heavy atom. The number of aliphatic hydroxyl groups excluding tert-OH is 1. The molecule has 0 aromatic heterocycles. The zero-order valence-corrected chi connectivity index (χ0v) is 8.15. The normalized spacial score (nSPS) is 47.7. The molecule has 0 aromatic carbocycles. The molecule has 3 aliphatic rings. The molecule has 3 fully saturated rings. The molecule has 1 aliphatic carbocycles. The van der Waals surface area contributed by atoms with Gasteiger partial charge in [-0.05, 0) is 38.0 Å². The van der Waals surface area contributed by atoms with Gasteiger partial charge in [-0.2, -0.15) is 5.26 Å². The molecule has 1 saturated carbocycles. The third kappa shape index (κ3) is 0.986. The van der Waals surface area contributed by atoms with E-state index in [0.29, 0.717) is 5.92 Å². The number of nitrogens with zero attached hydrogens (tertiary/aromatic N) is 1. The van der Waals surface area contributed by atoms with Gasteiger partial charge in [0.25, 0.3) is 0 Å². The molecule has 0 amide bonds. The van der Waals surface area contributed by atoms with Crippen LogP contribution in [0, 0.1) is 22.7 Å². The third-order valence-corrected chi connectivity index (χ3v) is 4.05. The molecule has 3 heteroatoms. The third-order valence-electron chi connectivity index (χ3n) is 4.05. The molecule has 76 valence electrons. The van der Waals surface area contributed by atoms with Crippen LogP contribution in [-0.4, -0.2) is 23.4 Å². The number of hydrogen-bond donors (Lipinski definition) is 1. The lowest BCUT2D eigenvalue weighted by atomic mass is 9.70. The van der Waals surface area contributed by atoms with Crippen LogP contribution in [0.4, 0.5) is 0 Å². The highest BCUT2D eigenvalue weighted by Gasteiger charge is 2.59. The molecule has 4 unspecified atom stereocenters. The minimum absolute atomic E-state index is 0.00750. The molecular formula is C11H15NO2. The van der Waals surface area contributed by atoms with Gasteiger partial charge in [-0.15, -0.1) is 0 Å². The molecule has 3 nitrogen and oxygen atoms in total. The number of ether oxygens (including phenoxy) is 1. The van der Waals surface area contributed by atoms with E-state index in [-0.39, 0.29) is 12.2 Å². The number of aliphatic hydroxyl groups is 1. The van der Waals surface area contributed by atoms with E-state index in [1.807, 2.05) is 0 Å². The van der Waals surface area contributed by atoms with Crippen LogP contribution in [0.15, 0.2) is 0 Å². The van der Waals surface area contributed by atoms with Crippen LogP contribution in [0.1, 0.15) is 32.1 Å². The predicted octanol–water partition coefficient (Wildman–Crippen LogP) is 1.22. The molecule has 0 spiro atoms. The predicted molar refractivity (Wildman–Crippen MR) is 49.3 cm³/mol. The maximum absolute atomic E-state index is 10.2. The lowest BCUT2D eigenvalue weighted by Gasteiger charge is -2.33. The second-order valence-corrected chi connectivity index (χ2v) is 4.96. The van der Waals surface area contributed by atoms with Crippen LogP contribution in [0.3, 0.4) is 0 Å². The summed E-state index contributed by atoms with van der Waals surface area (Å²) in [6, 6.07) is 2.35. The Morgan fingerprint density at radius 1 is 1.36 bits per heavy atom. The van der Waals surface area contributed by atoms with Gasteiger partial charge in [-0.25, -0.2) is 0 Å². The van der Waals surface area contributed by atoms with E-state index in [4.69, 9.17) is 4.74 Å². The summed E-state index contributed by atoms with van der Waals surface area (Å²) in [5.41, 5.74) is -0.565. The second-order valence-electron chi connectivity index (χ2n) is 4.96. The van der Waals surface area contributed by atoms with Gasteiger partial charge in [0.15, 0.2) is 0 Å².